The molecule has 22 heavy (non-hydrogen) atoms. The Morgan fingerprint density at radius 2 is 2.09 bits per heavy atom. The minimum atomic E-state index is -5.13. The molecule has 1 saturated heterocycles. The molecular weight excluding hydrogens is 326 g/mol. The Morgan fingerprint density at radius 1 is 1.45 bits per heavy atom. The fourth-order valence-electron chi connectivity index (χ4n) is 1.78. The van der Waals surface area contributed by atoms with E-state index in [0.29, 0.717) is 6.08 Å². The molecule has 2 unspecified atom stereocenters. The number of rotatable bonds is 4. The monoisotopic (exact) mass is 338 g/mol. The minimum absolute atomic E-state index is 0.362. The summed E-state index contributed by atoms with van der Waals surface area (Å²) < 4.78 is 29.9. The number of ether oxygens (including phenoxy) is 1. The number of carbonyl (C=O) groups excluding carboxylic acids is 1. The molecular formula is C9H12FN4O7P. The second kappa shape index (κ2) is 5.83. The predicted octanol–water partition coefficient (Wildman–Crippen LogP) is -2.02. The van der Waals surface area contributed by atoms with Crippen LogP contribution in [-0.4, -0.2) is 59.0 Å². The lowest BCUT2D eigenvalue weighted by Gasteiger charge is -2.13. The van der Waals surface area contributed by atoms with Gasteiger partial charge in [0.1, 0.15) is 24.6 Å². The van der Waals surface area contributed by atoms with E-state index in [1.165, 1.54) is 0 Å². The summed E-state index contributed by atoms with van der Waals surface area (Å²) in [4.78, 5) is 31.7. The number of hydrogen-bond donors (Lipinski definition) is 5. The smallest absolute Gasteiger partial charge is 0.384 e. The number of nitrogens with two attached hydrogens (primary N) is 1. The van der Waals surface area contributed by atoms with Crippen molar-refractivity contribution < 1.29 is 38.5 Å². The van der Waals surface area contributed by atoms with Gasteiger partial charge >= 0.3 is 7.60 Å². The first kappa shape index (κ1) is 16.7. The minimum Gasteiger partial charge on any atom is -0.387 e. The van der Waals surface area contributed by atoms with E-state index in [1.54, 1.807) is 0 Å². The molecule has 1 aliphatic heterocycles. The molecule has 13 heteroatoms. The highest BCUT2D eigenvalue weighted by Gasteiger charge is 2.44. The Bertz CT molecular complexity index is 658. The first-order valence-electron chi connectivity index (χ1n) is 5.77. The van der Waals surface area contributed by atoms with Crippen LogP contribution in [-0.2, 0) is 9.30 Å². The zero-order valence-corrected chi connectivity index (χ0v) is 11.6. The molecule has 0 bridgehead atoms. The van der Waals surface area contributed by atoms with Gasteiger partial charge in [-0.25, -0.2) is 9.67 Å². The molecule has 2 rings (SSSR count). The fourth-order valence-corrected chi connectivity index (χ4v) is 2.13. The van der Waals surface area contributed by atoms with Gasteiger partial charge in [-0.15, -0.1) is 5.10 Å². The van der Waals surface area contributed by atoms with E-state index in [0.717, 1.165) is 11.0 Å². The Balaban J connectivity index is 2.23. The van der Waals surface area contributed by atoms with Crippen molar-refractivity contribution in [2.75, 3.05) is 0 Å². The predicted molar refractivity (Wildman–Crippen MR) is 65.7 cm³/mol. The van der Waals surface area contributed by atoms with Crippen LogP contribution in [0.5, 0.6) is 0 Å². The average molecular weight is 338 g/mol. The SMILES string of the molecule is NC(=O)c1ncn(C2OC(/C=C(\F)P(=O)(O)O)[C@@H](O)[C@H]2O)n1. The second-order valence-corrected chi connectivity index (χ2v) is 5.93. The number of carbonyl (C=O) groups is 1. The summed E-state index contributed by atoms with van der Waals surface area (Å²) in [6.45, 7) is 0. The van der Waals surface area contributed by atoms with Crippen molar-refractivity contribution in [3.63, 3.8) is 0 Å². The van der Waals surface area contributed by atoms with Gasteiger partial charge in [0, 0.05) is 0 Å². The van der Waals surface area contributed by atoms with E-state index in [9.17, 15) is 24.0 Å². The second-order valence-electron chi connectivity index (χ2n) is 4.42. The molecule has 2 heterocycles. The molecule has 1 amide bonds. The zero-order valence-electron chi connectivity index (χ0n) is 10.7. The van der Waals surface area contributed by atoms with Crippen LogP contribution in [0.15, 0.2) is 18.0 Å². The van der Waals surface area contributed by atoms with Crippen LogP contribution in [0.2, 0.25) is 0 Å². The topological polar surface area (TPSA) is 181 Å². The fraction of sp³-hybridized carbons (Fsp3) is 0.444. The van der Waals surface area contributed by atoms with Crippen molar-refractivity contribution in [3.05, 3.63) is 23.8 Å². The van der Waals surface area contributed by atoms with E-state index < -0.39 is 43.6 Å². The Hall–Kier alpha value is -1.69. The number of aliphatic hydroxyl groups is 2. The lowest BCUT2D eigenvalue weighted by atomic mass is 10.1. The molecule has 122 valence electrons. The maximum atomic E-state index is 13.2. The molecule has 4 atom stereocenters. The van der Waals surface area contributed by atoms with Crippen molar-refractivity contribution in [1.82, 2.24) is 14.8 Å². The molecule has 11 nitrogen and oxygen atoms in total. The Labute approximate surface area is 122 Å². The van der Waals surface area contributed by atoms with Gasteiger partial charge < -0.3 is 30.5 Å². The molecule has 1 fully saturated rings. The molecule has 6 N–H and O–H groups in total. The Kier molecular flexibility index (Phi) is 4.42. The van der Waals surface area contributed by atoms with Gasteiger partial charge in [-0.2, -0.15) is 4.39 Å². The van der Waals surface area contributed by atoms with E-state index in [-0.39, 0.29) is 5.82 Å². The van der Waals surface area contributed by atoms with E-state index in [1.807, 2.05) is 0 Å². The van der Waals surface area contributed by atoms with Crippen molar-refractivity contribution in [1.29, 1.82) is 0 Å². The van der Waals surface area contributed by atoms with Gasteiger partial charge in [0.25, 0.3) is 5.91 Å². The summed E-state index contributed by atoms with van der Waals surface area (Å²) in [5.74, 6) is -1.30. The van der Waals surface area contributed by atoms with Crippen LogP contribution in [0.25, 0.3) is 0 Å². The Morgan fingerprint density at radius 3 is 2.59 bits per heavy atom. The van der Waals surface area contributed by atoms with E-state index >= 15 is 0 Å². The molecule has 0 radical (unpaired) electrons. The number of amides is 1. The van der Waals surface area contributed by atoms with Crippen LogP contribution >= 0.6 is 7.60 Å². The quantitative estimate of drug-likeness (QED) is 0.387. The molecule has 0 saturated carbocycles. The van der Waals surface area contributed by atoms with Crippen molar-refractivity contribution in [2.45, 2.75) is 24.5 Å². The average Bonchev–Trinajstić information content (AvgIpc) is 2.98. The van der Waals surface area contributed by atoms with Crippen LogP contribution in [0.1, 0.15) is 16.8 Å². The normalized spacial score (nSPS) is 29.8. The first-order valence-corrected chi connectivity index (χ1v) is 7.38. The van der Waals surface area contributed by atoms with Crippen LogP contribution < -0.4 is 5.73 Å². The summed E-state index contributed by atoms with van der Waals surface area (Å²) >= 11 is 0. The molecule has 0 aromatic carbocycles. The van der Waals surface area contributed by atoms with Gasteiger partial charge in [-0.1, -0.05) is 0 Å². The van der Waals surface area contributed by atoms with Gasteiger partial charge in [0.15, 0.2) is 6.23 Å². The number of aliphatic hydroxyl groups excluding tert-OH is 2. The highest BCUT2D eigenvalue weighted by molar-refractivity contribution is 7.56. The third-order valence-corrected chi connectivity index (χ3v) is 3.55. The number of aromatic nitrogens is 3. The number of hydrogen-bond acceptors (Lipinski definition) is 7. The number of primary amides is 1. The van der Waals surface area contributed by atoms with Gasteiger partial charge in [-0.3, -0.25) is 9.36 Å². The molecule has 1 aromatic rings. The summed E-state index contributed by atoms with van der Waals surface area (Å²) in [5, 5.41) is 23.2. The van der Waals surface area contributed by atoms with Crippen LogP contribution in [0.3, 0.4) is 0 Å². The lowest BCUT2D eigenvalue weighted by Crippen LogP contribution is -2.31. The van der Waals surface area contributed by atoms with Crippen molar-refractivity contribution in [2.24, 2.45) is 5.73 Å². The van der Waals surface area contributed by atoms with Gasteiger partial charge in [0.05, 0.1) is 0 Å². The van der Waals surface area contributed by atoms with E-state index in [2.05, 4.69) is 10.1 Å². The summed E-state index contributed by atoms with van der Waals surface area (Å²) in [6, 6.07) is 0. The third kappa shape index (κ3) is 3.21. The zero-order chi connectivity index (χ0) is 16.7. The standard InChI is InChI=1S/C9H12FN4O7P/c10-4(22(18,19)20)1-3-5(15)6(16)9(21-3)14-2-12-8(13-14)7(11)17/h1-3,5-6,9,15-16H,(H2,11,17)(H2,18,19,20)/b4-1+/t3?,5-,6-,9?/m1/s1. The number of nitrogens with zero attached hydrogens (tertiary/aromatic N) is 3. The highest BCUT2D eigenvalue weighted by atomic mass is 31.2. The molecule has 0 spiro atoms. The largest absolute Gasteiger partial charge is 0.387 e. The summed E-state index contributed by atoms with van der Waals surface area (Å²) in [7, 11) is -5.13. The molecule has 1 aromatic heterocycles. The van der Waals surface area contributed by atoms with Crippen LogP contribution in [0, 0.1) is 0 Å². The third-order valence-electron chi connectivity index (χ3n) is 2.84. The van der Waals surface area contributed by atoms with Gasteiger partial charge in [-0.05, 0) is 6.08 Å². The lowest BCUT2D eigenvalue weighted by molar-refractivity contribution is -0.0348. The first-order chi connectivity index (χ1) is 10.1. The van der Waals surface area contributed by atoms with Crippen molar-refractivity contribution >= 4 is 13.5 Å². The molecule has 1 aliphatic rings. The maximum absolute atomic E-state index is 13.2. The van der Waals surface area contributed by atoms with Crippen LogP contribution in [0.4, 0.5) is 4.39 Å². The van der Waals surface area contributed by atoms with Gasteiger partial charge in [0.2, 0.25) is 11.4 Å². The highest BCUT2D eigenvalue weighted by Crippen LogP contribution is 2.46. The summed E-state index contributed by atoms with van der Waals surface area (Å²) in [5.41, 5.74) is 3.15. The summed E-state index contributed by atoms with van der Waals surface area (Å²) in [6.07, 6.45) is -4.81. The van der Waals surface area contributed by atoms with Crippen molar-refractivity contribution in [3.8, 4) is 0 Å². The molecule has 0 aliphatic carbocycles. The van der Waals surface area contributed by atoms with E-state index in [4.69, 9.17) is 20.3 Å². The number of halogens is 1. The maximum Gasteiger partial charge on any atom is 0.384 e.